The standard InChI is InChI=1S/C18H21NO3/c1-2-20-17-9-7-16(8-10-17)19-11-18-21-12-14-5-3-4-6-15(14)13-22-18/h3-10,18-19H,2,11-13H2,1H3. The lowest BCUT2D eigenvalue weighted by Crippen LogP contribution is -2.24. The molecular weight excluding hydrogens is 278 g/mol. The van der Waals surface area contributed by atoms with E-state index >= 15 is 0 Å². The number of ether oxygens (including phenoxy) is 3. The summed E-state index contributed by atoms with van der Waals surface area (Å²) in [4.78, 5) is 0. The Kier molecular flexibility index (Phi) is 4.93. The maximum Gasteiger partial charge on any atom is 0.175 e. The zero-order valence-corrected chi connectivity index (χ0v) is 12.7. The molecule has 4 nitrogen and oxygen atoms in total. The van der Waals surface area contributed by atoms with E-state index in [9.17, 15) is 0 Å². The van der Waals surface area contributed by atoms with Crippen LogP contribution in [-0.2, 0) is 22.7 Å². The molecular formula is C18H21NO3. The van der Waals surface area contributed by atoms with Crippen LogP contribution in [0.15, 0.2) is 48.5 Å². The van der Waals surface area contributed by atoms with Gasteiger partial charge in [0, 0.05) is 5.69 Å². The van der Waals surface area contributed by atoms with Gasteiger partial charge in [0.2, 0.25) is 0 Å². The van der Waals surface area contributed by atoms with Crippen LogP contribution in [0.5, 0.6) is 5.75 Å². The molecule has 0 amide bonds. The SMILES string of the molecule is CCOc1ccc(NCC2OCc3ccccc3CO2)cc1. The Balaban J connectivity index is 1.52. The number of nitrogens with one attached hydrogen (secondary N) is 1. The van der Waals surface area contributed by atoms with Crippen molar-refractivity contribution in [1.82, 2.24) is 0 Å². The average Bonchev–Trinajstić information content (AvgIpc) is 2.77. The predicted molar refractivity (Wildman–Crippen MR) is 85.9 cm³/mol. The van der Waals surface area contributed by atoms with E-state index in [0.717, 1.165) is 11.4 Å². The highest BCUT2D eigenvalue weighted by atomic mass is 16.7. The number of hydrogen-bond donors (Lipinski definition) is 1. The number of rotatable bonds is 5. The Morgan fingerprint density at radius 2 is 1.64 bits per heavy atom. The molecule has 0 spiro atoms. The molecule has 1 aliphatic heterocycles. The monoisotopic (exact) mass is 299 g/mol. The van der Waals surface area contributed by atoms with Gasteiger partial charge in [-0.3, -0.25) is 0 Å². The number of benzene rings is 2. The van der Waals surface area contributed by atoms with Crippen LogP contribution < -0.4 is 10.1 Å². The van der Waals surface area contributed by atoms with E-state index in [2.05, 4.69) is 17.4 Å². The van der Waals surface area contributed by atoms with E-state index in [1.807, 2.05) is 43.3 Å². The van der Waals surface area contributed by atoms with Crippen LogP contribution in [0.2, 0.25) is 0 Å². The Hall–Kier alpha value is -2.04. The van der Waals surface area contributed by atoms with Crippen molar-refractivity contribution in [3.8, 4) is 5.75 Å². The summed E-state index contributed by atoms with van der Waals surface area (Å²) in [5, 5.41) is 3.33. The Morgan fingerprint density at radius 3 is 2.23 bits per heavy atom. The van der Waals surface area contributed by atoms with Gasteiger partial charge < -0.3 is 19.5 Å². The summed E-state index contributed by atoms with van der Waals surface area (Å²) in [7, 11) is 0. The van der Waals surface area contributed by atoms with E-state index in [1.165, 1.54) is 11.1 Å². The zero-order valence-electron chi connectivity index (χ0n) is 12.7. The lowest BCUT2D eigenvalue weighted by Gasteiger charge is -2.17. The Bertz CT molecular complexity index is 571. The number of fused-ring (bicyclic) bond motifs is 1. The van der Waals surface area contributed by atoms with E-state index < -0.39 is 0 Å². The Morgan fingerprint density at radius 1 is 1.00 bits per heavy atom. The summed E-state index contributed by atoms with van der Waals surface area (Å²) in [5.74, 6) is 0.880. The summed E-state index contributed by atoms with van der Waals surface area (Å²) >= 11 is 0. The van der Waals surface area contributed by atoms with Crippen LogP contribution in [0.3, 0.4) is 0 Å². The van der Waals surface area contributed by atoms with E-state index in [4.69, 9.17) is 14.2 Å². The third kappa shape index (κ3) is 3.78. The van der Waals surface area contributed by atoms with Crippen LogP contribution in [0.1, 0.15) is 18.1 Å². The second kappa shape index (κ2) is 7.29. The fourth-order valence-corrected chi connectivity index (χ4v) is 2.41. The summed E-state index contributed by atoms with van der Waals surface area (Å²) in [5.41, 5.74) is 3.43. The normalized spacial score (nSPS) is 15.0. The van der Waals surface area contributed by atoms with Crippen molar-refractivity contribution < 1.29 is 14.2 Å². The largest absolute Gasteiger partial charge is 0.494 e. The maximum absolute atomic E-state index is 5.80. The second-order valence-corrected chi connectivity index (χ2v) is 5.16. The van der Waals surface area contributed by atoms with Gasteiger partial charge in [0.25, 0.3) is 0 Å². The van der Waals surface area contributed by atoms with Gasteiger partial charge in [-0.2, -0.15) is 0 Å². The summed E-state index contributed by atoms with van der Waals surface area (Å²) < 4.78 is 17.0. The lowest BCUT2D eigenvalue weighted by atomic mass is 10.1. The van der Waals surface area contributed by atoms with Crippen molar-refractivity contribution in [3.63, 3.8) is 0 Å². The highest BCUT2D eigenvalue weighted by Crippen LogP contribution is 2.19. The summed E-state index contributed by atoms with van der Waals surface area (Å²) in [6.45, 7) is 4.45. The molecule has 4 heteroatoms. The number of anilines is 1. The first-order chi connectivity index (χ1) is 10.8. The van der Waals surface area contributed by atoms with Crippen molar-refractivity contribution in [2.75, 3.05) is 18.5 Å². The van der Waals surface area contributed by atoms with Gasteiger partial charge in [0.05, 0.1) is 26.4 Å². The molecule has 1 heterocycles. The van der Waals surface area contributed by atoms with E-state index in [1.54, 1.807) is 0 Å². The molecule has 1 N–H and O–H groups in total. The summed E-state index contributed by atoms with van der Waals surface area (Å²) in [6, 6.07) is 16.1. The molecule has 0 aromatic heterocycles. The van der Waals surface area contributed by atoms with Gasteiger partial charge in [0.15, 0.2) is 6.29 Å². The zero-order chi connectivity index (χ0) is 15.2. The number of hydrogen-bond acceptors (Lipinski definition) is 4. The lowest BCUT2D eigenvalue weighted by molar-refractivity contribution is -0.139. The van der Waals surface area contributed by atoms with Gasteiger partial charge in [-0.1, -0.05) is 24.3 Å². The van der Waals surface area contributed by atoms with Crippen molar-refractivity contribution in [3.05, 3.63) is 59.7 Å². The molecule has 0 saturated carbocycles. The molecule has 0 aliphatic carbocycles. The van der Waals surface area contributed by atoms with Crippen molar-refractivity contribution >= 4 is 5.69 Å². The molecule has 1 aliphatic rings. The molecule has 2 aromatic rings. The highest BCUT2D eigenvalue weighted by Gasteiger charge is 2.16. The molecule has 0 radical (unpaired) electrons. The van der Waals surface area contributed by atoms with Crippen LogP contribution >= 0.6 is 0 Å². The van der Waals surface area contributed by atoms with Gasteiger partial charge >= 0.3 is 0 Å². The van der Waals surface area contributed by atoms with Gasteiger partial charge in [-0.15, -0.1) is 0 Å². The maximum atomic E-state index is 5.80. The van der Waals surface area contributed by atoms with E-state index in [0.29, 0.717) is 26.4 Å². The first kappa shape index (κ1) is 14.9. The highest BCUT2D eigenvalue weighted by molar-refractivity contribution is 5.46. The molecule has 0 atom stereocenters. The van der Waals surface area contributed by atoms with Crippen LogP contribution in [-0.4, -0.2) is 19.4 Å². The average molecular weight is 299 g/mol. The first-order valence-electron chi connectivity index (χ1n) is 7.62. The van der Waals surface area contributed by atoms with Gasteiger partial charge in [0.1, 0.15) is 5.75 Å². The first-order valence-corrected chi connectivity index (χ1v) is 7.62. The van der Waals surface area contributed by atoms with Crippen molar-refractivity contribution in [2.24, 2.45) is 0 Å². The van der Waals surface area contributed by atoms with E-state index in [-0.39, 0.29) is 6.29 Å². The summed E-state index contributed by atoms with van der Waals surface area (Å²) in [6.07, 6.45) is -0.251. The molecule has 0 fully saturated rings. The third-order valence-electron chi connectivity index (χ3n) is 3.61. The van der Waals surface area contributed by atoms with Crippen LogP contribution in [0.4, 0.5) is 5.69 Å². The molecule has 116 valence electrons. The van der Waals surface area contributed by atoms with Crippen LogP contribution in [0.25, 0.3) is 0 Å². The fraction of sp³-hybridized carbons (Fsp3) is 0.333. The second-order valence-electron chi connectivity index (χ2n) is 5.16. The minimum Gasteiger partial charge on any atom is -0.494 e. The minimum absolute atomic E-state index is 0.251. The van der Waals surface area contributed by atoms with Crippen molar-refractivity contribution in [2.45, 2.75) is 26.4 Å². The predicted octanol–water partition coefficient (Wildman–Crippen LogP) is 3.57. The smallest absolute Gasteiger partial charge is 0.175 e. The third-order valence-corrected chi connectivity index (χ3v) is 3.61. The van der Waals surface area contributed by atoms with Gasteiger partial charge in [-0.25, -0.2) is 0 Å². The molecule has 3 rings (SSSR count). The van der Waals surface area contributed by atoms with Gasteiger partial charge in [-0.05, 0) is 42.3 Å². The minimum atomic E-state index is -0.251. The quantitative estimate of drug-likeness (QED) is 0.916. The Labute approximate surface area is 131 Å². The molecule has 0 unspecified atom stereocenters. The topological polar surface area (TPSA) is 39.7 Å². The molecule has 0 saturated heterocycles. The van der Waals surface area contributed by atoms with Crippen molar-refractivity contribution in [1.29, 1.82) is 0 Å². The molecule has 22 heavy (non-hydrogen) atoms. The molecule has 2 aromatic carbocycles. The molecule has 0 bridgehead atoms. The fourth-order valence-electron chi connectivity index (χ4n) is 2.41. The van der Waals surface area contributed by atoms with Crippen LogP contribution in [0, 0.1) is 0 Å².